The highest BCUT2D eigenvalue weighted by atomic mass is 28.1. The van der Waals surface area contributed by atoms with Crippen LogP contribution < -0.4 is 15.8 Å². The van der Waals surface area contributed by atoms with Gasteiger partial charge in [-0.3, -0.25) is 4.79 Å². The Morgan fingerprint density at radius 2 is 1.82 bits per heavy atom. The molecule has 2 aliphatic rings. The number of hydrogen-bond donors (Lipinski definition) is 3. The minimum Gasteiger partial charge on any atom is -0.410 e. The maximum atomic E-state index is 12.4. The molecule has 1 amide bonds. The first-order chi connectivity index (χ1) is 10.7. The number of fused-ring (bicyclic) bond motifs is 2. The van der Waals surface area contributed by atoms with E-state index in [0.717, 1.165) is 32.7 Å². The van der Waals surface area contributed by atoms with Gasteiger partial charge in [0.15, 0.2) is 0 Å². The van der Waals surface area contributed by atoms with Gasteiger partial charge in [0.1, 0.15) is 5.71 Å². The minimum absolute atomic E-state index is 0.182. The van der Waals surface area contributed by atoms with E-state index in [1.807, 2.05) is 42.5 Å². The van der Waals surface area contributed by atoms with Gasteiger partial charge in [-0.2, -0.15) is 0 Å². The normalized spacial score (nSPS) is 20.7. The van der Waals surface area contributed by atoms with Crippen LogP contribution in [-0.2, 0) is 4.79 Å². The summed E-state index contributed by atoms with van der Waals surface area (Å²) < 4.78 is 0. The number of para-hydroxylation sites is 1. The van der Waals surface area contributed by atoms with Gasteiger partial charge < -0.3 is 15.8 Å². The molecule has 2 aromatic carbocycles. The number of carbonyl (C=O) groups excluding carboxylic acids is 1. The number of rotatable bonds is 0. The van der Waals surface area contributed by atoms with E-state index < -0.39 is 0 Å². The Morgan fingerprint density at radius 3 is 2.64 bits per heavy atom. The quantitative estimate of drug-likeness (QED) is 0.289. The topological polar surface area (TPSA) is 73.7 Å². The van der Waals surface area contributed by atoms with Crippen molar-refractivity contribution in [3.63, 3.8) is 0 Å². The molecule has 22 heavy (non-hydrogen) atoms. The number of anilines is 2. The molecular formula is C16H13N3O2Si. The Balaban J connectivity index is 1.96. The molecule has 0 fully saturated rings. The molecule has 0 aromatic heterocycles. The van der Waals surface area contributed by atoms with Gasteiger partial charge in [0.25, 0.3) is 5.91 Å². The van der Waals surface area contributed by atoms with Gasteiger partial charge in [-0.15, -0.1) is 0 Å². The third-order valence-corrected chi connectivity index (χ3v) is 4.57. The van der Waals surface area contributed by atoms with Crippen LogP contribution in [0.5, 0.6) is 0 Å². The molecule has 0 radical (unpaired) electrons. The van der Waals surface area contributed by atoms with Crippen molar-refractivity contribution in [1.82, 2.24) is 0 Å². The molecular weight excluding hydrogens is 294 g/mol. The van der Waals surface area contributed by atoms with Gasteiger partial charge in [0, 0.05) is 32.7 Å². The van der Waals surface area contributed by atoms with E-state index in [0.29, 0.717) is 17.0 Å². The van der Waals surface area contributed by atoms with Gasteiger partial charge in [0.2, 0.25) is 0 Å². The van der Waals surface area contributed by atoms with Crippen LogP contribution in [0, 0.1) is 0 Å². The molecule has 0 saturated heterocycles. The van der Waals surface area contributed by atoms with E-state index in [4.69, 9.17) is 0 Å². The molecule has 2 aliphatic heterocycles. The second kappa shape index (κ2) is 4.57. The average molecular weight is 307 g/mol. The Morgan fingerprint density at radius 1 is 1.00 bits per heavy atom. The number of benzene rings is 2. The lowest BCUT2D eigenvalue weighted by atomic mass is 10.0. The van der Waals surface area contributed by atoms with Gasteiger partial charge in [-0.05, 0) is 12.1 Å². The summed E-state index contributed by atoms with van der Waals surface area (Å²) in [6.07, 6.45) is 0. The fourth-order valence-electron chi connectivity index (χ4n) is 2.95. The molecule has 0 bridgehead atoms. The van der Waals surface area contributed by atoms with Gasteiger partial charge in [-0.25, -0.2) is 0 Å². The summed E-state index contributed by atoms with van der Waals surface area (Å²) in [4.78, 5) is 12.4. The molecule has 3 N–H and O–H groups in total. The highest BCUT2D eigenvalue weighted by Gasteiger charge is 2.33. The number of allylic oxidation sites excluding steroid dienone is 1. The summed E-state index contributed by atoms with van der Waals surface area (Å²) in [5, 5.41) is 20.1. The Bertz CT molecular complexity index is 887. The first-order valence-electron chi connectivity index (χ1n) is 6.94. The summed E-state index contributed by atoms with van der Waals surface area (Å²) in [5.74, 6) is -0.182. The van der Waals surface area contributed by atoms with E-state index in [9.17, 15) is 10.0 Å². The molecule has 0 spiro atoms. The summed E-state index contributed by atoms with van der Waals surface area (Å²) >= 11 is 0. The van der Waals surface area contributed by atoms with Crippen LogP contribution in [0.2, 0.25) is 0 Å². The van der Waals surface area contributed by atoms with E-state index in [-0.39, 0.29) is 5.91 Å². The average Bonchev–Trinajstić information content (AvgIpc) is 3.02. The van der Waals surface area contributed by atoms with Crippen molar-refractivity contribution in [3.8, 4) is 0 Å². The van der Waals surface area contributed by atoms with Crippen LogP contribution in [0.15, 0.2) is 53.3 Å². The second-order valence-corrected chi connectivity index (χ2v) is 6.53. The third kappa shape index (κ3) is 1.71. The summed E-state index contributed by atoms with van der Waals surface area (Å²) in [5.41, 5.74) is 4.72. The lowest BCUT2D eigenvalue weighted by Gasteiger charge is -2.05. The molecule has 0 unspecified atom stereocenters. The molecule has 0 aliphatic carbocycles. The molecule has 4 rings (SSSR count). The molecule has 108 valence electrons. The largest absolute Gasteiger partial charge is 0.410 e. The zero-order chi connectivity index (χ0) is 15.3. The number of hydrogen-bond acceptors (Lipinski definition) is 4. The van der Waals surface area contributed by atoms with Crippen LogP contribution >= 0.6 is 0 Å². The van der Waals surface area contributed by atoms with Gasteiger partial charge in [0.05, 0.1) is 11.3 Å². The fourth-order valence-corrected chi connectivity index (χ4v) is 3.40. The van der Waals surface area contributed by atoms with Crippen molar-refractivity contribution in [1.29, 1.82) is 0 Å². The van der Waals surface area contributed by atoms with E-state index >= 15 is 0 Å². The molecule has 2 aromatic rings. The van der Waals surface area contributed by atoms with Crippen LogP contribution in [0.1, 0.15) is 11.1 Å². The van der Waals surface area contributed by atoms with Crippen LogP contribution in [-0.4, -0.2) is 27.1 Å². The zero-order valence-electron chi connectivity index (χ0n) is 11.8. The standard InChI is InChI=1S/C16H13N3O2Si/c20-16-13(9-6-5-8(22)7-12(9)18-16)15-14(19-21)10-3-1-2-4-11(10)17-15/h1-7,17,21H,22H3,(H,18,20)/b15-13-,19-14+. The number of amides is 1. The van der Waals surface area contributed by atoms with Crippen molar-refractivity contribution in [2.24, 2.45) is 5.16 Å². The Labute approximate surface area is 129 Å². The third-order valence-electron chi connectivity index (χ3n) is 3.95. The van der Waals surface area contributed by atoms with E-state index in [1.165, 1.54) is 5.19 Å². The number of carbonyl (C=O) groups is 1. The summed E-state index contributed by atoms with van der Waals surface area (Å²) in [7, 11) is 0.925. The summed E-state index contributed by atoms with van der Waals surface area (Å²) in [6, 6.07) is 13.5. The Hall–Kier alpha value is -2.86. The number of nitrogens with one attached hydrogen (secondary N) is 2. The molecule has 5 nitrogen and oxygen atoms in total. The van der Waals surface area contributed by atoms with Gasteiger partial charge in [-0.1, -0.05) is 40.7 Å². The second-order valence-electron chi connectivity index (χ2n) is 5.37. The first kappa shape index (κ1) is 12.8. The maximum absolute atomic E-state index is 12.4. The van der Waals surface area contributed by atoms with E-state index in [2.05, 4.69) is 15.8 Å². The molecule has 6 heteroatoms. The van der Waals surface area contributed by atoms with Crippen molar-refractivity contribution < 1.29 is 10.0 Å². The molecule has 0 saturated carbocycles. The first-order valence-corrected chi connectivity index (χ1v) is 7.94. The van der Waals surface area contributed by atoms with Crippen LogP contribution in [0.3, 0.4) is 0 Å². The lowest BCUT2D eigenvalue weighted by molar-refractivity contribution is -0.110. The number of oxime groups is 1. The fraction of sp³-hybridized carbons (Fsp3) is 0. The lowest BCUT2D eigenvalue weighted by Crippen LogP contribution is -2.12. The highest BCUT2D eigenvalue weighted by molar-refractivity contribution is 6.40. The van der Waals surface area contributed by atoms with E-state index in [1.54, 1.807) is 0 Å². The predicted octanol–water partition coefficient (Wildman–Crippen LogP) is 0.644. The predicted molar refractivity (Wildman–Crippen MR) is 90.0 cm³/mol. The van der Waals surface area contributed by atoms with Crippen molar-refractivity contribution in [2.45, 2.75) is 0 Å². The van der Waals surface area contributed by atoms with Crippen LogP contribution in [0.4, 0.5) is 11.4 Å². The maximum Gasteiger partial charge on any atom is 0.258 e. The van der Waals surface area contributed by atoms with Crippen molar-refractivity contribution in [2.75, 3.05) is 10.6 Å². The van der Waals surface area contributed by atoms with Crippen molar-refractivity contribution in [3.05, 3.63) is 59.3 Å². The SMILES string of the molecule is O=C1Nc2cc([SiH3])ccc2/C1=C1/Nc2ccccc2/C1=N\O. The molecule has 2 heterocycles. The minimum atomic E-state index is -0.182. The molecule has 0 atom stereocenters. The zero-order valence-corrected chi connectivity index (χ0v) is 13.8. The number of nitrogens with zero attached hydrogens (tertiary/aromatic N) is 1. The summed E-state index contributed by atoms with van der Waals surface area (Å²) in [6.45, 7) is 0. The monoisotopic (exact) mass is 307 g/mol. The van der Waals surface area contributed by atoms with Gasteiger partial charge >= 0.3 is 0 Å². The van der Waals surface area contributed by atoms with Crippen LogP contribution in [0.25, 0.3) is 5.57 Å². The Kier molecular flexibility index (Phi) is 2.67. The highest BCUT2D eigenvalue weighted by Crippen LogP contribution is 2.38. The smallest absolute Gasteiger partial charge is 0.258 e. The van der Waals surface area contributed by atoms with Crippen molar-refractivity contribution >= 4 is 44.0 Å².